The van der Waals surface area contributed by atoms with Crippen LogP contribution in [-0.2, 0) is 16.0 Å². The Morgan fingerprint density at radius 3 is 2.14 bits per heavy atom. The van der Waals surface area contributed by atoms with E-state index in [4.69, 9.17) is 47.1 Å². The molecule has 0 aromatic carbocycles. The molecule has 5 rings (SSSR count). The minimum Gasteiger partial charge on any atom is -0.475 e. The Hall–Kier alpha value is -3.77. The van der Waals surface area contributed by atoms with Gasteiger partial charge >= 0.3 is 24.3 Å². The zero-order valence-electron chi connectivity index (χ0n) is 22.9. The highest BCUT2D eigenvalue weighted by Gasteiger charge is 2.41. The van der Waals surface area contributed by atoms with E-state index in [2.05, 4.69) is 33.7 Å². The highest BCUT2D eigenvalue weighted by molar-refractivity contribution is 7.99. The Balaban J connectivity index is 0.000000317. The first-order chi connectivity index (χ1) is 20.4. The molecular formula is C25H24ClF6N7O4S. The fourth-order valence-electron chi connectivity index (χ4n) is 3.99. The molecule has 0 bridgehead atoms. The molecule has 0 saturated carbocycles. The number of alkyl halides is 6. The molecule has 0 radical (unpaired) electrons. The van der Waals surface area contributed by atoms with Crippen LogP contribution in [0.3, 0.4) is 0 Å². The summed E-state index contributed by atoms with van der Waals surface area (Å²) >= 11 is 8.22. The third-order valence-electron chi connectivity index (χ3n) is 6.21. The number of hydrogen-bond acceptors (Lipinski definition) is 10. The van der Waals surface area contributed by atoms with Crippen LogP contribution in [0.4, 0.5) is 32.2 Å². The summed E-state index contributed by atoms with van der Waals surface area (Å²) in [5.41, 5.74) is 10.7. The highest BCUT2D eigenvalue weighted by Crippen LogP contribution is 2.45. The molecule has 1 aliphatic heterocycles. The summed E-state index contributed by atoms with van der Waals surface area (Å²) in [5.74, 6) is -4.60. The monoisotopic (exact) mass is 667 g/mol. The van der Waals surface area contributed by atoms with Crippen LogP contribution < -0.4 is 10.6 Å². The van der Waals surface area contributed by atoms with Crippen LogP contribution in [0, 0.1) is 5.41 Å². The van der Waals surface area contributed by atoms with E-state index in [1.54, 1.807) is 18.6 Å². The molecule has 1 saturated heterocycles. The minimum atomic E-state index is -5.08. The summed E-state index contributed by atoms with van der Waals surface area (Å²) in [7, 11) is 0. The Morgan fingerprint density at radius 2 is 1.61 bits per heavy atom. The molecule has 11 nitrogen and oxygen atoms in total. The zero-order chi connectivity index (χ0) is 33.0. The standard InChI is InChI=1S/C21H22ClN7S.2C2HF3O2/c1-3-12-6-14-16(17(12)22)19(29-10-21(2,9-23)11-29)28-20(27-14)30-13-7-15-18(26-8-13)25-5-4-24-15;2*3-2(4,5)1(6)7/h4-5,7-8H,3,6,9-11,23H2,1-2H3;2*(H,6,7). The summed E-state index contributed by atoms with van der Waals surface area (Å²) < 4.78 is 63.5. The maximum absolute atomic E-state index is 10.6. The molecular weight excluding hydrogens is 644 g/mol. The number of carboxylic acids is 2. The number of hydrogen-bond donors (Lipinski definition) is 3. The molecule has 2 aliphatic rings. The number of carboxylic acid groups (broad SMARTS) is 2. The van der Waals surface area contributed by atoms with Gasteiger partial charge in [-0.15, -0.1) is 0 Å². The summed E-state index contributed by atoms with van der Waals surface area (Å²) in [6.07, 6.45) is -3.39. The van der Waals surface area contributed by atoms with Gasteiger partial charge in [0.2, 0.25) is 0 Å². The number of anilines is 1. The maximum Gasteiger partial charge on any atom is 0.490 e. The topological polar surface area (TPSA) is 168 Å². The van der Waals surface area contributed by atoms with E-state index in [1.165, 1.54) is 17.3 Å². The lowest BCUT2D eigenvalue weighted by atomic mass is 9.82. The van der Waals surface area contributed by atoms with Crippen LogP contribution >= 0.6 is 23.4 Å². The van der Waals surface area contributed by atoms with Crippen molar-refractivity contribution in [1.82, 2.24) is 24.9 Å². The van der Waals surface area contributed by atoms with E-state index in [1.807, 2.05) is 6.07 Å². The predicted octanol–water partition coefficient (Wildman–Crippen LogP) is 4.93. The van der Waals surface area contributed by atoms with Gasteiger partial charge in [0.15, 0.2) is 10.8 Å². The van der Waals surface area contributed by atoms with Crippen molar-refractivity contribution in [1.29, 1.82) is 0 Å². The molecule has 0 unspecified atom stereocenters. The fourth-order valence-corrected chi connectivity index (χ4v) is 5.16. The molecule has 1 aliphatic carbocycles. The van der Waals surface area contributed by atoms with Gasteiger partial charge in [0, 0.05) is 55.0 Å². The Kier molecular flexibility index (Phi) is 10.6. The first-order valence-electron chi connectivity index (χ1n) is 12.5. The maximum atomic E-state index is 10.6. The quantitative estimate of drug-likeness (QED) is 0.248. The number of allylic oxidation sites excluding steroid dienone is 1. The SMILES string of the molecule is CCC1=C(Cl)c2c(nc(Sc3cnc4nccnc4c3)nc2N2CC(C)(CN)C2)C1.O=C(O)C(F)(F)F.O=C(O)C(F)(F)F. The molecule has 44 heavy (non-hydrogen) atoms. The first kappa shape index (κ1) is 34.7. The number of nitrogens with two attached hydrogens (primary N) is 1. The van der Waals surface area contributed by atoms with Crippen LogP contribution in [0.1, 0.15) is 31.5 Å². The van der Waals surface area contributed by atoms with Gasteiger partial charge in [-0.2, -0.15) is 26.3 Å². The average molecular weight is 668 g/mol. The predicted molar refractivity (Wildman–Crippen MR) is 147 cm³/mol. The summed E-state index contributed by atoms with van der Waals surface area (Å²) in [4.78, 5) is 43.7. The molecule has 0 atom stereocenters. The van der Waals surface area contributed by atoms with E-state index < -0.39 is 24.3 Å². The molecule has 3 aromatic heterocycles. The number of aromatic nitrogens is 5. The largest absolute Gasteiger partial charge is 0.490 e. The van der Waals surface area contributed by atoms with Crippen molar-refractivity contribution >= 4 is 57.3 Å². The molecule has 3 aromatic rings. The number of halogens is 7. The molecule has 0 spiro atoms. The summed E-state index contributed by atoms with van der Waals surface area (Å²) in [5, 5.41) is 15.8. The van der Waals surface area contributed by atoms with Gasteiger partial charge in [-0.25, -0.2) is 29.5 Å². The van der Waals surface area contributed by atoms with Crippen molar-refractivity contribution in [3.8, 4) is 0 Å². The van der Waals surface area contributed by atoms with Gasteiger partial charge < -0.3 is 20.8 Å². The lowest BCUT2D eigenvalue weighted by Gasteiger charge is -2.48. The van der Waals surface area contributed by atoms with Crippen molar-refractivity contribution in [2.45, 2.75) is 49.1 Å². The summed E-state index contributed by atoms with van der Waals surface area (Å²) in [6, 6.07) is 1.97. The van der Waals surface area contributed by atoms with Crippen LogP contribution in [0.5, 0.6) is 0 Å². The molecule has 19 heteroatoms. The number of rotatable bonds is 5. The van der Waals surface area contributed by atoms with Crippen LogP contribution in [0.2, 0.25) is 0 Å². The van der Waals surface area contributed by atoms with Gasteiger partial charge in [0.05, 0.1) is 16.3 Å². The number of carbonyl (C=O) groups is 2. The van der Waals surface area contributed by atoms with E-state index in [0.717, 1.165) is 58.5 Å². The fraction of sp³-hybridized carbons (Fsp3) is 0.400. The zero-order valence-corrected chi connectivity index (χ0v) is 24.4. The number of fused-ring (bicyclic) bond motifs is 2. The van der Waals surface area contributed by atoms with Gasteiger partial charge in [-0.3, -0.25) is 4.98 Å². The van der Waals surface area contributed by atoms with Gasteiger partial charge in [0.1, 0.15) is 11.3 Å². The van der Waals surface area contributed by atoms with Crippen molar-refractivity contribution in [2.24, 2.45) is 11.1 Å². The molecule has 238 valence electrons. The second kappa shape index (κ2) is 13.5. The Labute approximate surface area is 254 Å². The smallest absolute Gasteiger partial charge is 0.475 e. The molecule has 4 heterocycles. The van der Waals surface area contributed by atoms with Crippen LogP contribution in [0.15, 0.2) is 40.3 Å². The Morgan fingerprint density at radius 1 is 1.05 bits per heavy atom. The van der Waals surface area contributed by atoms with Crippen LogP contribution in [0.25, 0.3) is 16.2 Å². The highest BCUT2D eigenvalue weighted by atomic mass is 35.5. The number of nitrogens with zero attached hydrogens (tertiary/aromatic N) is 6. The third kappa shape index (κ3) is 8.44. The van der Waals surface area contributed by atoms with Gasteiger partial charge in [-0.05, 0) is 29.8 Å². The van der Waals surface area contributed by atoms with Crippen LogP contribution in [-0.4, -0.2) is 79.1 Å². The van der Waals surface area contributed by atoms with Crippen molar-refractivity contribution < 1.29 is 46.1 Å². The number of aliphatic carboxylic acids is 2. The van der Waals surface area contributed by atoms with Crippen molar-refractivity contribution in [3.63, 3.8) is 0 Å². The van der Waals surface area contributed by atoms with Gasteiger partial charge in [-0.1, -0.05) is 25.4 Å². The van der Waals surface area contributed by atoms with Crippen molar-refractivity contribution in [2.75, 3.05) is 24.5 Å². The van der Waals surface area contributed by atoms with Gasteiger partial charge in [0.25, 0.3) is 0 Å². The van der Waals surface area contributed by atoms with E-state index in [0.29, 0.717) is 17.3 Å². The van der Waals surface area contributed by atoms with Crippen molar-refractivity contribution in [3.05, 3.63) is 41.5 Å². The number of pyridine rings is 1. The lowest BCUT2D eigenvalue weighted by Crippen LogP contribution is -2.58. The minimum absolute atomic E-state index is 0.119. The molecule has 1 fully saturated rings. The molecule has 0 amide bonds. The lowest BCUT2D eigenvalue weighted by molar-refractivity contribution is -0.193. The Bertz CT molecular complexity index is 1560. The van der Waals surface area contributed by atoms with E-state index >= 15 is 0 Å². The summed E-state index contributed by atoms with van der Waals surface area (Å²) in [6.45, 7) is 6.73. The average Bonchev–Trinajstić information content (AvgIpc) is 3.25. The van der Waals surface area contributed by atoms with E-state index in [-0.39, 0.29) is 5.41 Å². The second-order valence-corrected chi connectivity index (χ2v) is 11.2. The third-order valence-corrected chi connectivity index (χ3v) is 7.49. The normalized spacial score (nSPS) is 15.5. The molecule has 4 N–H and O–H groups in total. The van der Waals surface area contributed by atoms with E-state index in [9.17, 15) is 26.3 Å². The second-order valence-electron chi connectivity index (χ2n) is 9.75. The first-order valence-corrected chi connectivity index (χ1v) is 13.7.